The third-order valence-electron chi connectivity index (χ3n) is 4.45. The maximum absolute atomic E-state index is 12.0. The molecule has 164 valence electrons. The van der Waals surface area contributed by atoms with E-state index in [0.717, 1.165) is 19.3 Å². The lowest BCUT2D eigenvalue weighted by molar-refractivity contribution is -0.159. The van der Waals surface area contributed by atoms with Gasteiger partial charge in [-0.25, -0.2) is 4.79 Å². The summed E-state index contributed by atoms with van der Waals surface area (Å²) in [5.74, 6) is -0.384. The highest BCUT2D eigenvalue weighted by molar-refractivity contribution is 5.69. The molecule has 1 aliphatic carbocycles. The maximum Gasteiger partial charge on any atom is 0.407 e. The first-order valence-electron chi connectivity index (χ1n) is 9.14. The molecule has 0 aromatic heterocycles. The highest BCUT2D eigenvalue weighted by Gasteiger charge is 2.28. The molecule has 1 N–H and O–H groups in total. The molecule has 1 aliphatic rings. The molecule has 2 atom stereocenters. The van der Waals surface area contributed by atoms with Crippen molar-refractivity contribution in [3.63, 3.8) is 0 Å². The third-order valence-corrected chi connectivity index (χ3v) is 4.45. The molecule has 1 fully saturated rings. The van der Waals surface area contributed by atoms with Crippen LogP contribution >= 0.6 is 0 Å². The van der Waals surface area contributed by atoms with Crippen LogP contribution in [0, 0.1) is 11.8 Å². The number of hydrogen-bond donors (Lipinski definition) is 1. The van der Waals surface area contributed by atoms with Crippen LogP contribution in [-0.2, 0) is 14.3 Å². The van der Waals surface area contributed by atoms with Crippen molar-refractivity contribution in [1.29, 1.82) is 0 Å². The number of esters is 1. The molecule has 0 spiro atoms. The van der Waals surface area contributed by atoms with Crippen molar-refractivity contribution in [2.45, 2.75) is 63.7 Å². The highest BCUT2D eigenvalue weighted by atomic mass is 19.4. The number of alkyl carbamates (subject to hydrolysis) is 1. The van der Waals surface area contributed by atoms with Gasteiger partial charge in [0.25, 0.3) is 0 Å². The van der Waals surface area contributed by atoms with Gasteiger partial charge < -0.3 is 14.8 Å². The van der Waals surface area contributed by atoms with Gasteiger partial charge in [0.05, 0.1) is 19.4 Å². The Kier molecular flexibility index (Phi) is 9.88. The summed E-state index contributed by atoms with van der Waals surface area (Å²) in [5.41, 5.74) is 0. The van der Waals surface area contributed by atoms with Crippen LogP contribution in [0.4, 0.5) is 31.1 Å². The number of carbonyl (C=O) groups excluding carboxylic acids is 2. The van der Waals surface area contributed by atoms with Crippen molar-refractivity contribution in [2.24, 2.45) is 11.8 Å². The van der Waals surface area contributed by atoms with Crippen LogP contribution in [-0.4, -0.2) is 44.2 Å². The van der Waals surface area contributed by atoms with Gasteiger partial charge in [0, 0.05) is 13.0 Å². The van der Waals surface area contributed by atoms with Gasteiger partial charge in [-0.05, 0) is 31.1 Å². The van der Waals surface area contributed by atoms with E-state index in [1.165, 1.54) is 0 Å². The van der Waals surface area contributed by atoms with E-state index in [4.69, 9.17) is 0 Å². The van der Waals surface area contributed by atoms with E-state index in [1.807, 2.05) is 0 Å². The Labute approximate surface area is 159 Å². The number of alkyl halides is 6. The minimum absolute atomic E-state index is 0.0299. The van der Waals surface area contributed by atoms with Crippen molar-refractivity contribution < 1.29 is 45.4 Å². The predicted octanol–water partition coefficient (Wildman–Crippen LogP) is 4.75. The normalized spacial score (nSPS) is 20.5. The van der Waals surface area contributed by atoms with Crippen LogP contribution < -0.4 is 5.32 Å². The molecule has 1 saturated carbocycles. The second kappa shape index (κ2) is 11.4. The number of rotatable bonds is 9. The summed E-state index contributed by atoms with van der Waals surface area (Å²) < 4.78 is 81.0. The molecular weight excluding hydrogens is 396 g/mol. The summed E-state index contributed by atoms with van der Waals surface area (Å²) in [7, 11) is 0. The van der Waals surface area contributed by atoms with Gasteiger partial charge in [-0.2, -0.15) is 26.3 Å². The van der Waals surface area contributed by atoms with E-state index < -0.39 is 50.5 Å². The van der Waals surface area contributed by atoms with Gasteiger partial charge in [0.15, 0.2) is 0 Å². The lowest BCUT2D eigenvalue weighted by atomic mass is 9.79. The van der Waals surface area contributed by atoms with Crippen molar-refractivity contribution in [3.05, 3.63) is 0 Å². The number of hydrogen-bond acceptors (Lipinski definition) is 4. The highest BCUT2D eigenvalue weighted by Crippen LogP contribution is 2.31. The third kappa shape index (κ3) is 12.7. The Morgan fingerprint density at radius 3 is 2.07 bits per heavy atom. The number of carbonyl (C=O) groups is 2. The fraction of sp³-hybridized carbons (Fsp3) is 0.882. The van der Waals surface area contributed by atoms with Crippen LogP contribution in [0.5, 0.6) is 0 Å². The molecule has 28 heavy (non-hydrogen) atoms. The monoisotopic (exact) mass is 421 g/mol. The fourth-order valence-electron chi connectivity index (χ4n) is 3.06. The van der Waals surface area contributed by atoms with Crippen LogP contribution in [0.25, 0.3) is 0 Å². The maximum atomic E-state index is 12.0. The molecule has 0 heterocycles. The van der Waals surface area contributed by atoms with Crippen LogP contribution in [0.2, 0.25) is 0 Å². The summed E-state index contributed by atoms with van der Waals surface area (Å²) in [6, 6.07) is 0. The smallest absolute Gasteiger partial charge is 0.407 e. The van der Waals surface area contributed by atoms with Gasteiger partial charge in [0.2, 0.25) is 0 Å². The summed E-state index contributed by atoms with van der Waals surface area (Å²) in [5, 5.41) is 2.44. The molecule has 1 amide bonds. The average Bonchev–Trinajstić information content (AvgIpc) is 2.56. The van der Waals surface area contributed by atoms with E-state index in [9.17, 15) is 35.9 Å². The molecule has 0 aromatic rings. The molecule has 0 bridgehead atoms. The quantitative estimate of drug-likeness (QED) is 0.431. The van der Waals surface area contributed by atoms with Gasteiger partial charge >= 0.3 is 24.4 Å². The van der Waals surface area contributed by atoms with E-state index >= 15 is 0 Å². The molecule has 0 saturated heterocycles. The Hall–Kier alpha value is -1.68. The van der Waals surface area contributed by atoms with Crippen molar-refractivity contribution in [2.75, 3.05) is 19.8 Å². The van der Waals surface area contributed by atoms with Gasteiger partial charge in [-0.1, -0.05) is 12.8 Å². The van der Waals surface area contributed by atoms with E-state index in [1.54, 1.807) is 0 Å². The molecule has 11 heteroatoms. The summed E-state index contributed by atoms with van der Waals surface area (Å²) >= 11 is 0. The number of amides is 1. The zero-order valence-corrected chi connectivity index (χ0v) is 15.3. The summed E-state index contributed by atoms with van der Waals surface area (Å²) in [6.07, 6.45) is -8.25. The van der Waals surface area contributed by atoms with Crippen LogP contribution in [0.3, 0.4) is 0 Å². The minimum atomic E-state index is -4.38. The number of nitrogens with one attached hydrogen (secondary N) is 1. The topological polar surface area (TPSA) is 64.6 Å². The number of ether oxygens (including phenoxy) is 2. The lowest BCUT2D eigenvalue weighted by Crippen LogP contribution is -2.33. The Morgan fingerprint density at radius 1 is 0.893 bits per heavy atom. The summed E-state index contributed by atoms with van der Waals surface area (Å²) in [6.45, 7) is -1.16. The largest absolute Gasteiger partial charge is 0.465 e. The van der Waals surface area contributed by atoms with E-state index in [-0.39, 0.29) is 24.8 Å². The van der Waals surface area contributed by atoms with Gasteiger partial charge in [-0.3, -0.25) is 4.79 Å². The van der Waals surface area contributed by atoms with E-state index in [0.29, 0.717) is 12.8 Å². The molecule has 2 unspecified atom stereocenters. The van der Waals surface area contributed by atoms with E-state index in [2.05, 4.69) is 14.8 Å². The fourth-order valence-corrected chi connectivity index (χ4v) is 3.06. The van der Waals surface area contributed by atoms with Crippen molar-refractivity contribution >= 4 is 12.1 Å². The molecule has 0 aromatic carbocycles. The Morgan fingerprint density at radius 2 is 1.46 bits per heavy atom. The number of halogens is 6. The Bertz CT molecular complexity index is 453. The molecule has 5 nitrogen and oxygen atoms in total. The summed E-state index contributed by atoms with van der Waals surface area (Å²) in [4.78, 5) is 22.9. The second-order valence-electron chi connectivity index (χ2n) is 6.90. The lowest BCUT2D eigenvalue weighted by Gasteiger charge is -2.29. The van der Waals surface area contributed by atoms with Crippen molar-refractivity contribution in [1.82, 2.24) is 5.32 Å². The van der Waals surface area contributed by atoms with Gasteiger partial charge in [0.1, 0.15) is 6.61 Å². The first kappa shape index (κ1) is 24.4. The van der Waals surface area contributed by atoms with Crippen LogP contribution in [0.15, 0.2) is 0 Å². The molecular formula is C17H25F6NO4. The first-order valence-corrected chi connectivity index (χ1v) is 9.14. The SMILES string of the molecule is O=C(CCC1CCCC(CNC(=O)OCCC(F)(F)F)C1)OCCC(F)(F)F. The molecule has 0 radical (unpaired) electrons. The van der Waals surface area contributed by atoms with Crippen LogP contribution in [0.1, 0.15) is 51.4 Å². The predicted molar refractivity (Wildman–Crippen MR) is 86.3 cm³/mol. The second-order valence-corrected chi connectivity index (χ2v) is 6.90. The van der Waals surface area contributed by atoms with Gasteiger partial charge in [-0.15, -0.1) is 0 Å². The molecule has 0 aliphatic heterocycles. The standard InChI is InChI=1S/C17H25F6NO4/c18-16(19,20)6-8-27-14(25)5-4-12-2-1-3-13(10-12)11-24-15(26)28-9-7-17(21,22)23/h12-13H,1-11H2,(H,24,26). The Balaban J connectivity index is 2.18. The zero-order chi connectivity index (χ0) is 21.2. The molecule has 1 rings (SSSR count). The minimum Gasteiger partial charge on any atom is -0.465 e. The van der Waals surface area contributed by atoms with Crippen molar-refractivity contribution in [3.8, 4) is 0 Å². The first-order chi connectivity index (χ1) is 12.9. The average molecular weight is 421 g/mol. The zero-order valence-electron chi connectivity index (χ0n) is 15.3.